The molecular weight excluding hydrogens is 913 g/mol. The lowest BCUT2D eigenvalue weighted by molar-refractivity contribution is -0.210. The summed E-state index contributed by atoms with van der Waals surface area (Å²) in [7, 11) is 0. The molecule has 0 radical (unpaired) electrons. The van der Waals surface area contributed by atoms with Gasteiger partial charge in [0.2, 0.25) is 0 Å². The van der Waals surface area contributed by atoms with Crippen LogP contribution in [0.2, 0.25) is 0 Å². The second-order valence-corrected chi connectivity index (χ2v) is 22.6. The molecule has 0 fully saturated rings. The largest absolute Gasteiger partial charge is 0.373 e. The summed E-state index contributed by atoms with van der Waals surface area (Å²) < 4.78 is 20.2. The van der Waals surface area contributed by atoms with Crippen LogP contribution in [-0.2, 0) is 14.2 Å². The van der Waals surface area contributed by atoms with Crippen molar-refractivity contribution in [2.75, 3.05) is 19.8 Å². The number of rotatable bonds is 64. The molecule has 0 spiro atoms. The molecule has 0 bridgehead atoms. The first-order valence-corrected chi connectivity index (χ1v) is 34.0. The van der Waals surface area contributed by atoms with E-state index in [1.807, 2.05) is 0 Å². The number of hydrogen-bond acceptors (Lipinski definition) is 3. The smallest absolute Gasteiger partial charge is 0.183 e. The zero-order valence-electron chi connectivity index (χ0n) is 51.5. The average Bonchev–Trinajstić information content (AvgIpc) is 3.42. The minimum Gasteiger partial charge on any atom is -0.373 e. The number of hydrogen-bond donors (Lipinski definition) is 0. The van der Waals surface area contributed by atoms with E-state index in [1.54, 1.807) is 0 Å². The third kappa shape index (κ3) is 63.0. The molecule has 3 heteroatoms. The lowest BCUT2D eigenvalue weighted by Gasteiger charge is -2.28. The first-order chi connectivity index (χ1) is 37.3. The molecule has 0 aliphatic carbocycles. The number of unbranched alkanes of at least 4 members (excludes halogenated alkanes) is 40. The average molecular weight is 1050 g/mol. The Morgan fingerprint density at radius 3 is 0.733 bits per heavy atom. The summed E-state index contributed by atoms with van der Waals surface area (Å²) in [5, 5.41) is 0. The maximum absolute atomic E-state index is 6.81. The van der Waals surface area contributed by atoms with Gasteiger partial charge in [0.15, 0.2) is 6.29 Å². The van der Waals surface area contributed by atoms with Crippen molar-refractivity contribution in [1.82, 2.24) is 0 Å². The lowest BCUT2D eigenvalue weighted by Crippen LogP contribution is -2.35. The Hall–Kier alpha value is -1.68. The van der Waals surface area contributed by atoms with Crippen molar-refractivity contribution < 1.29 is 14.2 Å². The van der Waals surface area contributed by atoms with Gasteiger partial charge in [0.05, 0.1) is 0 Å². The monoisotopic (exact) mass is 1050 g/mol. The predicted octanol–water partition coefficient (Wildman–Crippen LogP) is 25.0. The van der Waals surface area contributed by atoms with Gasteiger partial charge in [0.25, 0.3) is 0 Å². The fraction of sp³-hybridized carbons (Fsp3) is 0.833. The normalized spacial score (nSPS) is 13.3. The van der Waals surface area contributed by atoms with Crippen LogP contribution in [0.3, 0.4) is 0 Å². The van der Waals surface area contributed by atoms with Crippen molar-refractivity contribution in [2.45, 2.75) is 368 Å². The summed E-state index contributed by atoms with van der Waals surface area (Å²) in [6, 6.07) is 0. The van der Waals surface area contributed by atoms with Crippen molar-refractivity contribution in [3.63, 3.8) is 0 Å². The lowest BCUT2D eigenvalue weighted by atomic mass is 10.1. The molecule has 3 nitrogen and oxygen atoms in total. The first kappa shape index (κ1) is 73.3. The van der Waals surface area contributed by atoms with Crippen LogP contribution < -0.4 is 0 Å². The summed E-state index contributed by atoms with van der Waals surface area (Å²) in [5.74, 6) is 0. The SMILES string of the molecule is CCCCC/C=C\C/C=C\CCCCCCCCOC(OCCCCCCCC/C=C\CCCCCCCC)C(CCCCCC/C=C\C/C=C\CCCCC)OCCCCCCCC/C=C\CCCCCCCC. The van der Waals surface area contributed by atoms with E-state index in [-0.39, 0.29) is 12.4 Å². The van der Waals surface area contributed by atoms with Crippen LogP contribution in [0.5, 0.6) is 0 Å². The van der Waals surface area contributed by atoms with Crippen molar-refractivity contribution in [1.29, 1.82) is 0 Å². The minimum absolute atomic E-state index is 0.0239. The van der Waals surface area contributed by atoms with Gasteiger partial charge in [-0.3, -0.25) is 0 Å². The molecule has 0 rings (SSSR count). The Morgan fingerprint density at radius 2 is 0.427 bits per heavy atom. The Bertz CT molecular complexity index is 1210. The van der Waals surface area contributed by atoms with Crippen molar-refractivity contribution in [2.24, 2.45) is 0 Å². The summed E-state index contributed by atoms with van der Waals surface area (Å²) in [4.78, 5) is 0. The summed E-state index contributed by atoms with van der Waals surface area (Å²) >= 11 is 0. The van der Waals surface area contributed by atoms with Crippen molar-refractivity contribution in [3.05, 3.63) is 72.9 Å². The highest BCUT2D eigenvalue weighted by Crippen LogP contribution is 2.20. The quantitative estimate of drug-likeness (QED) is 0.0345. The van der Waals surface area contributed by atoms with Gasteiger partial charge in [0, 0.05) is 19.8 Å². The topological polar surface area (TPSA) is 27.7 Å². The zero-order chi connectivity index (χ0) is 53.9. The van der Waals surface area contributed by atoms with Crippen molar-refractivity contribution >= 4 is 0 Å². The van der Waals surface area contributed by atoms with Crippen LogP contribution >= 0.6 is 0 Å². The van der Waals surface area contributed by atoms with Gasteiger partial charge in [-0.15, -0.1) is 0 Å². The molecule has 0 saturated heterocycles. The van der Waals surface area contributed by atoms with Crippen LogP contribution in [0.1, 0.15) is 355 Å². The molecule has 0 aromatic rings. The molecule has 0 saturated carbocycles. The highest BCUT2D eigenvalue weighted by Gasteiger charge is 2.24. The Balaban J connectivity index is 5.07. The van der Waals surface area contributed by atoms with Crippen LogP contribution in [-0.4, -0.2) is 32.2 Å². The third-order valence-corrected chi connectivity index (χ3v) is 15.0. The second kappa shape index (κ2) is 68.4. The molecule has 75 heavy (non-hydrogen) atoms. The van der Waals surface area contributed by atoms with Gasteiger partial charge in [-0.05, 0) is 141 Å². The van der Waals surface area contributed by atoms with E-state index in [4.69, 9.17) is 14.2 Å². The Kier molecular flexibility index (Phi) is 66.9. The van der Waals surface area contributed by atoms with E-state index in [0.29, 0.717) is 0 Å². The Morgan fingerprint density at radius 1 is 0.213 bits per heavy atom. The van der Waals surface area contributed by atoms with E-state index in [0.717, 1.165) is 58.3 Å². The molecule has 0 aromatic heterocycles. The molecule has 2 unspecified atom stereocenters. The maximum Gasteiger partial charge on any atom is 0.183 e. The number of allylic oxidation sites excluding steroid dienone is 12. The summed E-state index contributed by atoms with van der Waals surface area (Å²) in [5.41, 5.74) is 0. The number of ether oxygens (including phenoxy) is 3. The maximum atomic E-state index is 6.81. The van der Waals surface area contributed by atoms with Gasteiger partial charge < -0.3 is 14.2 Å². The molecule has 0 heterocycles. The summed E-state index contributed by atoms with van der Waals surface area (Å²) in [6.07, 6.45) is 94.4. The highest BCUT2D eigenvalue weighted by atomic mass is 16.7. The van der Waals surface area contributed by atoms with E-state index in [2.05, 4.69) is 101 Å². The van der Waals surface area contributed by atoms with Crippen molar-refractivity contribution in [3.8, 4) is 0 Å². The van der Waals surface area contributed by atoms with Gasteiger partial charge >= 0.3 is 0 Å². The standard InChI is InChI=1S/C72H134O3/c1-5-9-13-17-21-25-29-33-37-40-44-48-52-56-60-64-68-73-71(67-63-59-55-51-47-43-36-32-28-24-20-16-12-8-4)72(74-69-65-61-57-53-49-45-41-38-34-30-26-22-18-14-10-6-2)75-70-66-62-58-54-50-46-42-39-35-31-27-23-19-15-11-7-3/h22,24,26,28,33-39,43,71-72H,5-21,23,25,27,29-32,40-42,44-70H2,1-4H3/b26-22-,28-24-,37-33-,38-34-,39-35-,43-36-. The Labute approximate surface area is 472 Å². The first-order valence-electron chi connectivity index (χ1n) is 34.0. The third-order valence-electron chi connectivity index (χ3n) is 15.0. The molecule has 0 aromatic carbocycles. The van der Waals surface area contributed by atoms with E-state index in [9.17, 15) is 0 Å². The summed E-state index contributed by atoms with van der Waals surface area (Å²) in [6.45, 7) is 11.5. The van der Waals surface area contributed by atoms with E-state index < -0.39 is 0 Å². The molecule has 2 atom stereocenters. The van der Waals surface area contributed by atoms with Crippen LogP contribution in [0, 0.1) is 0 Å². The van der Waals surface area contributed by atoms with E-state index >= 15 is 0 Å². The molecule has 0 amide bonds. The van der Waals surface area contributed by atoms with Gasteiger partial charge in [-0.1, -0.05) is 287 Å². The zero-order valence-corrected chi connectivity index (χ0v) is 51.5. The highest BCUT2D eigenvalue weighted by molar-refractivity contribution is 4.93. The molecule has 0 aliphatic heterocycles. The van der Waals surface area contributed by atoms with Gasteiger partial charge in [-0.2, -0.15) is 0 Å². The minimum atomic E-state index is -0.252. The van der Waals surface area contributed by atoms with E-state index in [1.165, 1.54) is 289 Å². The molecule has 0 N–H and O–H groups in total. The van der Waals surface area contributed by atoms with Crippen LogP contribution in [0.25, 0.3) is 0 Å². The predicted molar refractivity (Wildman–Crippen MR) is 338 cm³/mol. The van der Waals surface area contributed by atoms with Gasteiger partial charge in [0.1, 0.15) is 6.10 Å². The van der Waals surface area contributed by atoms with Gasteiger partial charge in [-0.25, -0.2) is 0 Å². The van der Waals surface area contributed by atoms with Crippen LogP contribution in [0.4, 0.5) is 0 Å². The van der Waals surface area contributed by atoms with Crippen LogP contribution in [0.15, 0.2) is 72.9 Å². The molecular formula is C72H134O3. The fourth-order valence-corrected chi connectivity index (χ4v) is 9.96. The molecule has 0 aliphatic rings. The second-order valence-electron chi connectivity index (χ2n) is 22.6. The fourth-order valence-electron chi connectivity index (χ4n) is 9.96. The molecule has 440 valence electrons.